The summed E-state index contributed by atoms with van der Waals surface area (Å²) >= 11 is 0. The Morgan fingerprint density at radius 2 is 1.69 bits per heavy atom. The molecule has 1 aromatic heterocycles. The Balaban J connectivity index is 1.71. The van der Waals surface area contributed by atoms with Gasteiger partial charge in [0.2, 0.25) is 5.89 Å². The summed E-state index contributed by atoms with van der Waals surface area (Å²) in [7, 11) is 0. The molecular weight excluding hydrogens is 416 g/mol. The van der Waals surface area contributed by atoms with Crippen LogP contribution in [0.15, 0.2) is 57.9 Å². The van der Waals surface area contributed by atoms with E-state index in [0.29, 0.717) is 28.7 Å². The number of aryl methyl sites for hydroxylation is 2. The standard InChI is InChI=1S/C22H16N4O6/c1-12-5-13(2)7-14(6-12)22-24-18-9-16(3-4-20(18)32-22)23-11-15-8-17(25(28)29)10-19(21(15)27)26(30)31/h3-11,27H,1-2H3/p-1. The monoisotopic (exact) mass is 431 g/mol. The van der Waals surface area contributed by atoms with Crippen LogP contribution in [0, 0.1) is 34.1 Å². The molecule has 0 fully saturated rings. The lowest BCUT2D eigenvalue weighted by molar-refractivity contribution is -0.403. The molecule has 0 atom stereocenters. The number of fused-ring (bicyclic) bond motifs is 1. The Kier molecular flexibility index (Phi) is 5.11. The number of nitro groups is 2. The van der Waals surface area contributed by atoms with Crippen molar-refractivity contribution in [1.29, 1.82) is 0 Å². The summed E-state index contributed by atoms with van der Waals surface area (Å²) in [4.78, 5) is 29.0. The topological polar surface area (TPSA) is 148 Å². The molecule has 10 nitrogen and oxygen atoms in total. The first-order valence-corrected chi connectivity index (χ1v) is 9.38. The van der Waals surface area contributed by atoms with Crippen molar-refractivity contribution >= 4 is 34.4 Å². The fourth-order valence-electron chi connectivity index (χ4n) is 3.32. The van der Waals surface area contributed by atoms with Crippen molar-refractivity contribution < 1.29 is 19.4 Å². The molecule has 160 valence electrons. The van der Waals surface area contributed by atoms with Gasteiger partial charge in [0.05, 0.1) is 21.6 Å². The molecule has 0 aliphatic rings. The maximum absolute atomic E-state index is 12.3. The number of aliphatic imine (C=N–C) groups is 1. The Bertz CT molecular complexity index is 1400. The van der Waals surface area contributed by atoms with Crippen molar-refractivity contribution in [2.75, 3.05) is 0 Å². The van der Waals surface area contributed by atoms with Gasteiger partial charge in [0.25, 0.3) is 11.4 Å². The minimum absolute atomic E-state index is 0.262. The van der Waals surface area contributed by atoms with Crippen LogP contribution in [0.5, 0.6) is 5.75 Å². The molecule has 0 spiro atoms. The van der Waals surface area contributed by atoms with Gasteiger partial charge < -0.3 is 9.52 Å². The molecule has 3 aromatic carbocycles. The van der Waals surface area contributed by atoms with Crippen LogP contribution >= 0.6 is 0 Å². The van der Waals surface area contributed by atoms with Crippen LogP contribution in [0.25, 0.3) is 22.6 Å². The van der Waals surface area contributed by atoms with Gasteiger partial charge in [0, 0.05) is 17.8 Å². The lowest BCUT2D eigenvalue weighted by Crippen LogP contribution is -2.03. The number of hydrogen-bond acceptors (Lipinski definition) is 8. The molecule has 0 bridgehead atoms. The van der Waals surface area contributed by atoms with Crippen LogP contribution in [0.3, 0.4) is 0 Å². The fraction of sp³-hybridized carbons (Fsp3) is 0.0909. The number of hydrogen-bond donors (Lipinski definition) is 0. The van der Waals surface area contributed by atoms with Crippen LogP contribution in [-0.2, 0) is 0 Å². The van der Waals surface area contributed by atoms with E-state index in [1.54, 1.807) is 18.2 Å². The molecule has 32 heavy (non-hydrogen) atoms. The zero-order valence-corrected chi connectivity index (χ0v) is 16.9. The molecule has 0 saturated carbocycles. The average molecular weight is 431 g/mol. The first kappa shape index (κ1) is 20.7. The molecule has 1 heterocycles. The van der Waals surface area contributed by atoms with E-state index in [2.05, 4.69) is 9.98 Å². The van der Waals surface area contributed by atoms with Crippen LogP contribution in [-0.4, -0.2) is 21.0 Å². The Morgan fingerprint density at radius 3 is 2.34 bits per heavy atom. The fourth-order valence-corrected chi connectivity index (χ4v) is 3.32. The molecule has 0 radical (unpaired) electrons. The summed E-state index contributed by atoms with van der Waals surface area (Å²) in [6, 6.07) is 12.4. The predicted octanol–water partition coefficient (Wildman–Crippen LogP) is 4.75. The lowest BCUT2D eigenvalue weighted by atomic mass is 10.1. The van der Waals surface area contributed by atoms with E-state index in [-0.39, 0.29) is 5.56 Å². The van der Waals surface area contributed by atoms with Crippen molar-refractivity contribution in [2.45, 2.75) is 13.8 Å². The maximum atomic E-state index is 12.3. The summed E-state index contributed by atoms with van der Waals surface area (Å²) in [5.74, 6) is -0.506. The summed E-state index contributed by atoms with van der Waals surface area (Å²) in [6.45, 7) is 3.96. The van der Waals surface area contributed by atoms with E-state index >= 15 is 0 Å². The largest absolute Gasteiger partial charge is 0.867 e. The molecule has 4 rings (SSSR count). The van der Waals surface area contributed by atoms with Crippen molar-refractivity contribution in [3.05, 3.63) is 85.4 Å². The number of nitrogens with zero attached hydrogens (tertiary/aromatic N) is 4. The molecule has 0 N–H and O–H groups in total. The third kappa shape index (κ3) is 4.01. The molecule has 0 amide bonds. The number of non-ortho nitro benzene ring substituents is 1. The van der Waals surface area contributed by atoms with Crippen LogP contribution in [0.2, 0.25) is 0 Å². The predicted molar refractivity (Wildman–Crippen MR) is 115 cm³/mol. The van der Waals surface area contributed by atoms with Crippen LogP contribution in [0.1, 0.15) is 16.7 Å². The second-order valence-electron chi connectivity index (χ2n) is 7.20. The molecule has 0 aliphatic carbocycles. The number of aromatic nitrogens is 1. The van der Waals surface area contributed by atoms with E-state index in [0.717, 1.165) is 29.0 Å². The van der Waals surface area contributed by atoms with Gasteiger partial charge >= 0.3 is 0 Å². The van der Waals surface area contributed by atoms with E-state index < -0.39 is 27.0 Å². The second-order valence-corrected chi connectivity index (χ2v) is 7.20. The third-order valence-corrected chi connectivity index (χ3v) is 4.68. The van der Waals surface area contributed by atoms with Gasteiger partial charge in [-0.3, -0.25) is 25.2 Å². The highest BCUT2D eigenvalue weighted by Gasteiger charge is 2.18. The Labute approximate surface area is 180 Å². The van der Waals surface area contributed by atoms with Crippen molar-refractivity contribution in [2.24, 2.45) is 4.99 Å². The van der Waals surface area contributed by atoms with E-state index in [1.165, 1.54) is 0 Å². The van der Waals surface area contributed by atoms with E-state index in [9.17, 15) is 25.3 Å². The number of benzene rings is 3. The quantitative estimate of drug-likeness (QED) is 0.251. The number of nitro benzene ring substituents is 2. The highest BCUT2D eigenvalue weighted by molar-refractivity contribution is 5.89. The zero-order chi connectivity index (χ0) is 23.0. The normalized spacial score (nSPS) is 11.3. The molecule has 10 heteroatoms. The van der Waals surface area contributed by atoms with Crippen LogP contribution < -0.4 is 5.11 Å². The van der Waals surface area contributed by atoms with Crippen molar-refractivity contribution in [3.63, 3.8) is 0 Å². The summed E-state index contributed by atoms with van der Waals surface area (Å²) in [6.07, 6.45) is 1.06. The van der Waals surface area contributed by atoms with Gasteiger partial charge in [0.15, 0.2) is 5.58 Å². The number of oxazole rings is 1. The Morgan fingerprint density at radius 1 is 0.969 bits per heavy atom. The SMILES string of the molecule is Cc1cc(C)cc(-c2nc3cc(N=Cc4cc([N+](=O)[O-])cc([N+](=O)[O-])c4[O-])ccc3o2)c1. The zero-order valence-electron chi connectivity index (χ0n) is 16.9. The molecule has 4 aromatic rings. The van der Waals surface area contributed by atoms with Gasteiger partial charge in [-0.05, 0) is 55.5 Å². The molecule has 0 saturated heterocycles. The van der Waals surface area contributed by atoms with Crippen molar-refractivity contribution in [1.82, 2.24) is 4.98 Å². The van der Waals surface area contributed by atoms with Gasteiger partial charge in [-0.2, -0.15) is 0 Å². The maximum Gasteiger partial charge on any atom is 0.276 e. The van der Waals surface area contributed by atoms with Gasteiger partial charge in [0.1, 0.15) is 5.52 Å². The highest BCUT2D eigenvalue weighted by atomic mass is 16.6. The van der Waals surface area contributed by atoms with Gasteiger partial charge in [-0.15, -0.1) is 0 Å². The van der Waals surface area contributed by atoms with E-state index in [4.69, 9.17) is 4.42 Å². The first-order chi connectivity index (χ1) is 15.2. The molecule has 0 unspecified atom stereocenters. The van der Waals surface area contributed by atoms with E-state index in [1.807, 2.05) is 32.0 Å². The third-order valence-electron chi connectivity index (χ3n) is 4.68. The Hall–Kier alpha value is -4.60. The summed E-state index contributed by atoms with van der Waals surface area (Å²) in [5.41, 5.74) is 2.74. The summed E-state index contributed by atoms with van der Waals surface area (Å²) < 4.78 is 5.82. The number of rotatable bonds is 5. The first-order valence-electron chi connectivity index (χ1n) is 9.38. The highest BCUT2D eigenvalue weighted by Crippen LogP contribution is 2.32. The molecular formula is C22H15N4O6-. The lowest BCUT2D eigenvalue weighted by Gasteiger charge is -2.10. The van der Waals surface area contributed by atoms with Gasteiger partial charge in [-0.1, -0.05) is 17.2 Å². The minimum atomic E-state index is -0.956. The molecule has 0 aliphatic heterocycles. The second kappa shape index (κ2) is 7.91. The summed E-state index contributed by atoms with van der Waals surface area (Å²) in [5, 5.41) is 34.3. The van der Waals surface area contributed by atoms with Crippen molar-refractivity contribution in [3.8, 4) is 17.2 Å². The van der Waals surface area contributed by atoms with Gasteiger partial charge in [-0.25, -0.2) is 4.98 Å². The average Bonchev–Trinajstić information content (AvgIpc) is 3.15. The van der Waals surface area contributed by atoms with Crippen LogP contribution in [0.4, 0.5) is 17.1 Å². The minimum Gasteiger partial charge on any atom is -0.867 e. The smallest absolute Gasteiger partial charge is 0.276 e.